The lowest BCUT2D eigenvalue weighted by Gasteiger charge is -2.05. The lowest BCUT2D eigenvalue weighted by Crippen LogP contribution is -2.05. The number of nitrogens with zero attached hydrogens (tertiary/aromatic N) is 3. The van der Waals surface area contributed by atoms with E-state index in [1.807, 2.05) is 30.3 Å². The van der Waals surface area contributed by atoms with Crippen LogP contribution in [0.1, 0.15) is 0 Å². The molecule has 0 fully saturated rings. The second-order valence-corrected chi connectivity index (χ2v) is 5.22. The van der Waals surface area contributed by atoms with Crippen molar-refractivity contribution in [2.75, 3.05) is 6.26 Å². The lowest BCUT2D eigenvalue weighted by atomic mass is 10.3. The summed E-state index contributed by atoms with van der Waals surface area (Å²) < 4.78 is 20.6. The molecule has 0 radical (unpaired) electrons. The zero-order chi connectivity index (χ0) is 10.9. The number of nitrogens with one attached hydrogen (secondary N) is 1. The molecule has 2 rings (SSSR count). The van der Waals surface area contributed by atoms with Crippen LogP contribution in [0.2, 0.25) is 0 Å². The van der Waals surface area contributed by atoms with Gasteiger partial charge in [0.15, 0.2) is 0 Å². The van der Waals surface area contributed by atoms with Gasteiger partial charge >= 0.3 is 0 Å². The van der Waals surface area contributed by atoms with E-state index in [1.165, 1.54) is 12.6 Å². The van der Waals surface area contributed by atoms with Crippen molar-refractivity contribution >= 4 is 9.73 Å². The van der Waals surface area contributed by atoms with E-state index in [1.54, 1.807) is 4.57 Å². The van der Waals surface area contributed by atoms with Gasteiger partial charge in [0.25, 0.3) is 0 Å². The molecule has 1 aromatic heterocycles. The maximum Gasteiger partial charge on any atom is 0.234 e. The molecule has 0 saturated heterocycles. The Bertz CT molecular complexity index is 559. The van der Waals surface area contributed by atoms with Crippen molar-refractivity contribution in [2.24, 2.45) is 0 Å². The molecule has 1 aromatic carbocycles. The molecule has 15 heavy (non-hydrogen) atoms. The van der Waals surface area contributed by atoms with Crippen molar-refractivity contribution in [3.05, 3.63) is 36.7 Å². The third-order valence-corrected chi connectivity index (χ3v) is 2.87. The van der Waals surface area contributed by atoms with E-state index in [9.17, 15) is 4.21 Å². The van der Waals surface area contributed by atoms with Gasteiger partial charge in [0, 0.05) is 11.9 Å². The van der Waals surface area contributed by atoms with Gasteiger partial charge in [-0.3, -0.25) is 4.57 Å². The van der Waals surface area contributed by atoms with Crippen molar-refractivity contribution in [1.29, 1.82) is 4.78 Å². The van der Waals surface area contributed by atoms with E-state index >= 15 is 0 Å². The number of hydrogen-bond acceptors (Lipinski definition) is 4. The van der Waals surface area contributed by atoms with E-state index < -0.39 is 9.73 Å². The highest BCUT2D eigenvalue weighted by Gasteiger charge is 2.13. The second kappa shape index (κ2) is 3.47. The Kier molecular flexibility index (Phi) is 2.28. The molecule has 1 N–H and O–H groups in total. The minimum Gasteiger partial charge on any atom is -0.274 e. The summed E-state index contributed by atoms with van der Waals surface area (Å²) in [4.78, 5) is 0. The van der Waals surface area contributed by atoms with Crippen LogP contribution in [0.15, 0.2) is 41.8 Å². The second-order valence-electron chi connectivity index (χ2n) is 3.16. The van der Waals surface area contributed by atoms with Gasteiger partial charge in [0.1, 0.15) is 16.1 Å². The first-order valence-electron chi connectivity index (χ1n) is 4.28. The first-order valence-corrected chi connectivity index (χ1v) is 6.25. The van der Waals surface area contributed by atoms with Crippen molar-refractivity contribution in [3.8, 4) is 5.69 Å². The predicted molar refractivity (Wildman–Crippen MR) is 56.4 cm³/mol. The van der Waals surface area contributed by atoms with Crippen LogP contribution in [0.25, 0.3) is 5.69 Å². The van der Waals surface area contributed by atoms with Crippen LogP contribution in [0.4, 0.5) is 0 Å². The third-order valence-electron chi connectivity index (χ3n) is 1.90. The van der Waals surface area contributed by atoms with Crippen molar-refractivity contribution in [1.82, 2.24) is 14.8 Å². The van der Waals surface area contributed by atoms with Gasteiger partial charge in [0.2, 0.25) is 5.16 Å². The molecule has 0 spiro atoms. The normalized spacial score (nSPS) is 14.7. The molecule has 5 nitrogen and oxygen atoms in total. The minimum atomic E-state index is -2.85. The van der Waals surface area contributed by atoms with Gasteiger partial charge in [-0.1, -0.05) is 18.2 Å². The molecular weight excluding hydrogens is 212 g/mol. The summed E-state index contributed by atoms with van der Waals surface area (Å²) in [6.45, 7) is 0. The number of aromatic nitrogens is 3. The monoisotopic (exact) mass is 222 g/mol. The van der Waals surface area contributed by atoms with E-state index in [0.717, 1.165) is 5.69 Å². The van der Waals surface area contributed by atoms with Crippen LogP contribution >= 0.6 is 0 Å². The lowest BCUT2D eigenvalue weighted by molar-refractivity contribution is 0.667. The summed E-state index contributed by atoms with van der Waals surface area (Å²) in [5.41, 5.74) is 0.805. The summed E-state index contributed by atoms with van der Waals surface area (Å²) in [5, 5.41) is 7.57. The standard InChI is InChI=1S/C9H10N4OS/c1-15(10,14)9-12-11-7-13(9)8-5-3-2-4-6-8/h2-7,10H,1H3. The first kappa shape index (κ1) is 9.85. The molecule has 0 amide bonds. The fourth-order valence-electron chi connectivity index (χ4n) is 1.26. The molecular formula is C9H10N4OS. The number of rotatable bonds is 2. The van der Waals surface area contributed by atoms with Crippen LogP contribution in [0.3, 0.4) is 0 Å². The molecule has 0 bridgehead atoms. The maximum atomic E-state index is 11.6. The van der Waals surface area contributed by atoms with Gasteiger partial charge < -0.3 is 0 Å². The van der Waals surface area contributed by atoms with Crippen LogP contribution in [-0.4, -0.2) is 25.2 Å². The number of benzene rings is 1. The van der Waals surface area contributed by atoms with Crippen LogP contribution < -0.4 is 0 Å². The zero-order valence-corrected chi connectivity index (χ0v) is 8.94. The highest BCUT2D eigenvalue weighted by molar-refractivity contribution is 7.91. The first-order chi connectivity index (χ1) is 7.09. The van der Waals surface area contributed by atoms with E-state index in [4.69, 9.17) is 4.78 Å². The molecule has 1 atom stereocenters. The molecule has 6 heteroatoms. The molecule has 2 aromatic rings. The molecule has 0 saturated carbocycles. The average molecular weight is 222 g/mol. The fraction of sp³-hybridized carbons (Fsp3) is 0.111. The summed E-state index contributed by atoms with van der Waals surface area (Å²) >= 11 is 0. The van der Waals surface area contributed by atoms with Gasteiger partial charge in [-0.25, -0.2) is 8.99 Å². The summed E-state index contributed by atoms with van der Waals surface area (Å²) in [7, 11) is -2.85. The zero-order valence-electron chi connectivity index (χ0n) is 8.12. The van der Waals surface area contributed by atoms with E-state index in [0.29, 0.717) is 0 Å². The average Bonchev–Trinajstić information content (AvgIpc) is 2.67. The Balaban J connectivity index is 2.61. The molecule has 1 heterocycles. The highest BCUT2D eigenvalue weighted by Crippen LogP contribution is 2.12. The fourth-order valence-corrected chi connectivity index (χ4v) is 1.99. The molecule has 78 valence electrons. The Morgan fingerprint density at radius 2 is 2.00 bits per heavy atom. The molecule has 0 aliphatic carbocycles. The molecule has 1 unspecified atom stereocenters. The Morgan fingerprint density at radius 3 is 2.60 bits per heavy atom. The SMILES string of the molecule is CS(=N)(=O)c1nncn1-c1ccccc1. The maximum absolute atomic E-state index is 11.6. The summed E-state index contributed by atoms with van der Waals surface area (Å²) in [6, 6.07) is 9.30. The summed E-state index contributed by atoms with van der Waals surface area (Å²) in [5.74, 6) is 0. The van der Waals surface area contributed by atoms with Crippen molar-refractivity contribution in [2.45, 2.75) is 5.16 Å². The molecule has 0 aliphatic heterocycles. The highest BCUT2D eigenvalue weighted by atomic mass is 32.2. The van der Waals surface area contributed by atoms with Gasteiger partial charge in [-0.2, -0.15) is 0 Å². The smallest absolute Gasteiger partial charge is 0.234 e. The van der Waals surface area contributed by atoms with Gasteiger partial charge in [0.05, 0.1) is 0 Å². The van der Waals surface area contributed by atoms with E-state index in [2.05, 4.69) is 10.2 Å². The van der Waals surface area contributed by atoms with Crippen LogP contribution in [0.5, 0.6) is 0 Å². The van der Waals surface area contributed by atoms with E-state index in [-0.39, 0.29) is 5.16 Å². The Morgan fingerprint density at radius 1 is 1.33 bits per heavy atom. The third kappa shape index (κ3) is 1.89. The number of hydrogen-bond donors (Lipinski definition) is 1. The van der Waals surface area contributed by atoms with Crippen LogP contribution in [0, 0.1) is 4.78 Å². The Hall–Kier alpha value is -1.69. The van der Waals surface area contributed by atoms with Crippen molar-refractivity contribution < 1.29 is 4.21 Å². The minimum absolute atomic E-state index is 0.175. The van der Waals surface area contributed by atoms with Crippen LogP contribution in [-0.2, 0) is 9.73 Å². The van der Waals surface area contributed by atoms with Gasteiger partial charge in [-0.05, 0) is 12.1 Å². The topological polar surface area (TPSA) is 71.6 Å². The largest absolute Gasteiger partial charge is 0.274 e. The predicted octanol–water partition coefficient (Wildman–Crippen LogP) is 1.30. The van der Waals surface area contributed by atoms with Crippen molar-refractivity contribution in [3.63, 3.8) is 0 Å². The number of para-hydroxylation sites is 1. The Labute approximate surface area is 87.7 Å². The summed E-state index contributed by atoms with van der Waals surface area (Å²) in [6.07, 6.45) is 2.79. The van der Waals surface area contributed by atoms with Gasteiger partial charge in [-0.15, -0.1) is 10.2 Å². The molecule has 0 aliphatic rings. The quantitative estimate of drug-likeness (QED) is 0.832.